The van der Waals surface area contributed by atoms with E-state index in [-0.39, 0.29) is 11.7 Å². The largest absolute Gasteiger partial charge is 0.461 e. The summed E-state index contributed by atoms with van der Waals surface area (Å²) in [5.74, 6) is 1.62. The predicted octanol–water partition coefficient (Wildman–Crippen LogP) is 4.96. The first-order chi connectivity index (χ1) is 15.2. The maximum Gasteiger partial charge on any atom is 0.234 e. The second kappa shape index (κ2) is 8.58. The van der Waals surface area contributed by atoms with Crippen LogP contribution in [0.2, 0.25) is 0 Å². The molecular weight excluding hydrogens is 412 g/mol. The topological polar surface area (TPSA) is 102 Å². The lowest BCUT2D eigenvalue weighted by Crippen LogP contribution is -2.17. The highest BCUT2D eigenvalue weighted by Gasteiger charge is 2.25. The number of anilines is 1. The van der Waals surface area contributed by atoms with E-state index >= 15 is 0 Å². The van der Waals surface area contributed by atoms with Crippen LogP contribution in [0, 0.1) is 6.92 Å². The molecule has 1 amide bonds. The van der Waals surface area contributed by atoms with Crippen molar-refractivity contribution < 1.29 is 9.21 Å². The summed E-state index contributed by atoms with van der Waals surface area (Å²) >= 11 is 1.41. The Morgan fingerprint density at radius 1 is 1.29 bits per heavy atom. The second-order valence-electron chi connectivity index (χ2n) is 7.91. The van der Waals surface area contributed by atoms with Gasteiger partial charge in [0.15, 0.2) is 10.9 Å². The first kappa shape index (κ1) is 19.9. The molecule has 3 aromatic heterocycles. The third kappa shape index (κ3) is 4.10. The third-order valence-corrected chi connectivity index (χ3v) is 6.68. The molecule has 9 heteroatoms. The van der Waals surface area contributed by atoms with Gasteiger partial charge in [0.25, 0.3) is 0 Å². The van der Waals surface area contributed by atoms with Gasteiger partial charge in [0, 0.05) is 17.1 Å². The van der Waals surface area contributed by atoms with Crippen LogP contribution in [0.15, 0.2) is 46.3 Å². The van der Waals surface area contributed by atoms with Crippen molar-refractivity contribution in [3.8, 4) is 11.6 Å². The van der Waals surface area contributed by atoms with Gasteiger partial charge in [-0.15, -0.1) is 10.2 Å². The van der Waals surface area contributed by atoms with E-state index in [9.17, 15) is 4.79 Å². The van der Waals surface area contributed by atoms with E-state index in [2.05, 4.69) is 30.3 Å². The molecule has 0 radical (unpaired) electrons. The van der Waals surface area contributed by atoms with E-state index < -0.39 is 0 Å². The standard InChI is InChI=1S/C22H24N6O2S/c1-14-10-15-12-23-25-18(15)11-17(14)24-20(29)13-31-22-27-26-21(19-8-5-9-30-19)28(22)16-6-3-2-4-7-16/h5,8-12,16H,2-4,6-7,13H2,1H3,(H,23,25)(H,24,29). The SMILES string of the molecule is Cc1cc2cn[nH]c2cc1NC(=O)CSc1nnc(-c2ccco2)n1C1CCCCC1. The van der Waals surface area contributed by atoms with Gasteiger partial charge in [-0.05, 0) is 49.6 Å². The molecule has 1 aliphatic rings. The van der Waals surface area contributed by atoms with Crippen LogP contribution in [0.1, 0.15) is 43.7 Å². The molecule has 0 bridgehead atoms. The second-order valence-corrected chi connectivity index (χ2v) is 8.85. The molecule has 160 valence electrons. The number of hydrogen-bond acceptors (Lipinski definition) is 6. The van der Waals surface area contributed by atoms with Gasteiger partial charge >= 0.3 is 0 Å². The highest BCUT2D eigenvalue weighted by Crippen LogP contribution is 2.35. The number of rotatable bonds is 6. The maximum atomic E-state index is 12.7. The van der Waals surface area contributed by atoms with Gasteiger partial charge < -0.3 is 9.73 Å². The molecule has 0 spiro atoms. The van der Waals surface area contributed by atoms with Crippen molar-refractivity contribution in [2.24, 2.45) is 0 Å². The fourth-order valence-electron chi connectivity index (χ4n) is 4.17. The summed E-state index contributed by atoms with van der Waals surface area (Å²) in [7, 11) is 0. The van der Waals surface area contributed by atoms with Gasteiger partial charge in [0.05, 0.1) is 23.7 Å². The minimum Gasteiger partial charge on any atom is -0.461 e. The molecule has 1 aromatic carbocycles. The number of fused-ring (bicyclic) bond motifs is 1. The normalized spacial score (nSPS) is 14.9. The van der Waals surface area contributed by atoms with E-state index in [0.29, 0.717) is 11.8 Å². The Hall–Kier alpha value is -3.07. The van der Waals surface area contributed by atoms with Crippen molar-refractivity contribution in [3.63, 3.8) is 0 Å². The van der Waals surface area contributed by atoms with Crippen molar-refractivity contribution in [3.05, 3.63) is 42.3 Å². The van der Waals surface area contributed by atoms with Gasteiger partial charge in [-0.3, -0.25) is 14.5 Å². The summed E-state index contributed by atoms with van der Waals surface area (Å²) < 4.78 is 7.76. The third-order valence-electron chi connectivity index (χ3n) is 5.74. The summed E-state index contributed by atoms with van der Waals surface area (Å²) in [6.45, 7) is 1.98. The number of nitrogens with one attached hydrogen (secondary N) is 2. The number of aryl methyl sites for hydroxylation is 1. The number of aromatic amines is 1. The minimum atomic E-state index is -0.0790. The average Bonchev–Trinajstić information content (AvgIpc) is 3.53. The zero-order chi connectivity index (χ0) is 21.2. The minimum absolute atomic E-state index is 0.0790. The molecule has 8 nitrogen and oxygen atoms in total. The fourth-order valence-corrected chi connectivity index (χ4v) is 4.98. The number of nitrogens with zero attached hydrogens (tertiary/aromatic N) is 4. The zero-order valence-corrected chi connectivity index (χ0v) is 18.1. The Kier molecular flexibility index (Phi) is 5.50. The van der Waals surface area contributed by atoms with Gasteiger partial charge in [0.2, 0.25) is 11.7 Å². The summed E-state index contributed by atoms with van der Waals surface area (Å²) in [4.78, 5) is 12.7. The van der Waals surface area contributed by atoms with Gasteiger partial charge in [-0.2, -0.15) is 5.10 Å². The van der Waals surface area contributed by atoms with Crippen LogP contribution < -0.4 is 5.32 Å². The van der Waals surface area contributed by atoms with Crippen LogP contribution in [-0.2, 0) is 4.79 Å². The molecule has 0 atom stereocenters. The number of furan rings is 1. The van der Waals surface area contributed by atoms with Gasteiger partial charge in [0.1, 0.15) is 0 Å². The number of carbonyl (C=O) groups is 1. The summed E-state index contributed by atoms with van der Waals surface area (Å²) in [6, 6.07) is 8.02. The Labute approximate surface area is 183 Å². The van der Waals surface area contributed by atoms with Crippen LogP contribution in [0.25, 0.3) is 22.5 Å². The Bertz CT molecular complexity index is 1190. The lowest BCUT2D eigenvalue weighted by Gasteiger charge is -2.25. The molecule has 3 heterocycles. The Morgan fingerprint density at radius 2 is 2.16 bits per heavy atom. The molecule has 1 saturated carbocycles. The maximum absolute atomic E-state index is 12.7. The number of carbonyl (C=O) groups excluding carboxylic acids is 1. The van der Waals surface area contributed by atoms with Crippen molar-refractivity contribution in [2.75, 3.05) is 11.1 Å². The molecule has 0 unspecified atom stereocenters. The predicted molar refractivity (Wildman–Crippen MR) is 120 cm³/mol. The van der Waals surface area contributed by atoms with Gasteiger partial charge in [-0.25, -0.2) is 0 Å². The Balaban J connectivity index is 1.33. The van der Waals surface area contributed by atoms with Crippen molar-refractivity contribution >= 4 is 34.3 Å². The highest BCUT2D eigenvalue weighted by molar-refractivity contribution is 7.99. The Morgan fingerprint density at radius 3 is 2.97 bits per heavy atom. The number of thioether (sulfide) groups is 1. The number of H-pyrrole nitrogens is 1. The quantitative estimate of drug-likeness (QED) is 0.414. The monoisotopic (exact) mass is 436 g/mol. The van der Waals surface area contributed by atoms with Gasteiger partial charge in [-0.1, -0.05) is 31.0 Å². The summed E-state index contributed by atoms with van der Waals surface area (Å²) in [6.07, 6.45) is 9.26. The first-order valence-electron chi connectivity index (χ1n) is 10.5. The van der Waals surface area contributed by atoms with Crippen LogP contribution in [0.4, 0.5) is 5.69 Å². The van der Waals surface area contributed by atoms with E-state index in [0.717, 1.165) is 46.0 Å². The average molecular weight is 437 g/mol. The fraction of sp³-hybridized carbons (Fsp3) is 0.364. The molecule has 2 N–H and O–H groups in total. The highest BCUT2D eigenvalue weighted by atomic mass is 32.2. The van der Waals surface area contributed by atoms with E-state index in [1.807, 2.05) is 31.2 Å². The first-order valence-corrected chi connectivity index (χ1v) is 11.5. The van der Waals surface area contributed by atoms with Crippen molar-refractivity contribution in [1.82, 2.24) is 25.0 Å². The van der Waals surface area contributed by atoms with E-state index in [1.54, 1.807) is 12.5 Å². The van der Waals surface area contributed by atoms with Crippen LogP contribution in [0.3, 0.4) is 0 Å². The molecule has 5 rings (SSSR count). The molecule has 1 fully saturated rings. The molecule has 31 heavy (non-hydrogen) atoms. The molecule has 0 aliphatic heterocycles. The number of benzene rings is 1. The number of amides is 1. The molecule has 0 saturated heterocycles. The van der Waals surface area contributed by atoms with Crippen molar-refractivity contribution in [2.45, 2.75) is 50.2 Å². The van der Waals surface area contributed by atoms with Crippen LogP contribution in [-0.4, -0.2) is 36.6 Å². The van der Waals surface area contributed by atoms with Crippen molar-refractivity contribution in [1.29, 1.82) is 0 Å². The summed E-state index contributed by atoms with van der Waals surface area (Å²) in [5.41, 5.74) is 2.68. The lowest BCUT2D eigenvalue weighted by atomic mass is 9.95. The van der Waals surface area contributed by atoms with Crippen LogP contribution in [0.5, 0.6) is 0 Å². The zero-order valence-electron chi connectivity index (χ0n) is 17.3. The van der Waals surface area contributed by atoms with Crippen LogP contribution >= 0.6 is 11.8 Å². The molecule has 4 aromatic rings. The smallest absolute Gasteiger partial charge is 0.234 e. The van der Waals surface area contributed by atoms with E-state index in [4.69, 9.17) is 4.42 Å². The number of aromatic nitrogens is 5. The molecule has 1 aliphatic carbocycles. The number of hydrogen-bond donors (Lipinski definition) is 2. The summed E-state index contributed by atoms with van der Waals surface area (Å²) in [5, 5.41) is 20.6. The lowest BCUT2D eigenvalue weighted by molar-refractivity contribution is -0.113. The molecular formula is C22H24N6O2S. The van der Waals surface area contributed by atoms with E-state index in [1.165, 1.54) is 31.0 Å².